The van der Waals surface area contributed by atoms with Crippen LogP contribution in [-0.4, -0.2) is 69.1 Å². The zero-order valence-electron chi connectivity index (χ0n) is 17.9. The van der Waals surface area contributed by atoms with Crippen molar-refractivity contribution < 1.29 is 22.8 Å². The van der Waals surface area contributed by atoms with Crippen LogP contribution in [0.5, 0.6) is 0 Å². The lowest BCUT2D eigenvalue weighted by Crippen LogP contribution is -2.51. The maximum atomic E-state index is 12.6. The molecule has 6 N–H and O–H groups in total. The van der Waals surface area contributed by atoms with E-state index in [1.54, 1.807) is 18.4 Å². The lowest BCUT2D eigenvalue weighted by molar-refractivity contribution is -0.137. The quantitative estimate of drug-likeness (QED) is 0.160. The van der Waals surface area contributed by atoms with Crippen LogP contribution in [0.1, 0.15) is 31.2 Å². The van der Waals surface area contributed by atoms with Gasteiger partial charge in [-0.1, -0.05) is 17.7 Å². The molecule has 0 aromatic heterocycles. The van der Waals surface area contributed by atoms with Crippen molar-refractivity contribution in [2.45, 2.75) is 49.6 Å². The summed E-state index contributed by atoms with van der Waals surface area (Å²) in [6, 6.07) is 4.60. The number of benzene rings is 1. The van der Waals surface area contributed by atoms with E-state index in [2.05, 4.69) is 15.4 Å². The predicted molar refractivity (Wildman–Crippen MR) is 118 cm³/mol. The highest BCUT2D eigenvalue weighted by Crippen LogP contribution is 2.18. The van der Waals surface area contributed by atoms with Gasteiger partial charge in [0.25, 0.3) is 0 Å². The number of hydrogen-bond donors (Lipinski definition) is 5. The van der Waals surface area contributed by atoms with Crippen molar-refractivity contribution in [1.29, 1.82) is 5.41 Å². The van der Waals surface area contributed by atoms with Crippen LogP contribution < -0.4 is 21.1 Å². The third kappa shape index (κ3) is 7.31. The Hall–Kier alpha value is -2.99. The highest BCUT2D eigenvalue weighted by Gasteiger charge is 2.35. The third-order valence-corrected chi connectivity index (χ3v) is 6.48. The summed E-state index contributed by atoms with van der Waals surface area (Å²) in [5.41, 5.74) is 6.09. The SMILES string of the molecule is Cc1ccc(S(=O)(=O)NCC(=O)N2CCC[C@H]2C(=O)N[C@H]([C]=O)CCCNC(=N)N)cc1. The molecule has 0 unspecified atom stereocenters. The molecule has 1 aliphatic heterocycles. The van der Waals surface area contributed by atoms with E-state index in [9.17, 15) is 22.8 Å². The molecule has 2 amide bonds. The third-order valence-electron chi connectivity index (χ3n) is 5.06. The Kier molecular flexibility index (Phi) is 9.14. The van der Waals surface area contributed by atoms with E-state index >= 15 is 0 Å². The van der Waals surface area contributed by atoms with Gasteiger partial charge in [0, 0.05) is 13.1 Å². The number of nitrogens with two attached hydrogens (primary N) is 1. The fraction of sp³-hybridized carbons (Fsp3) is 0.500. The Morgan fingerprint density at radius 2 is 2.00 bits per heavy atom. The summed E-state index contributed by atoms with van der Waals surface area (Å²) in [7, 11) is -3.86. The standard InChI is InChI=1S/C20H29N6O5S/c1-14-6-8-16(9-7-14)32(30,31)24-12-18(28)26-11-3-5-17(26)19(29)25-15(13-27)4-2-10-23-20(21)22/h6-9,15,17,24H,2-5,10-12H2,1H3,(H,25,29)(H4,21,22,23)/t15-,17-/m0/s1. The Balaban J connectivity index is 1.90. The topological polar surface area (TPSA) is 175 Å². The summed E-state index contributed by atoms with van der Waals surface area (Å²) < 4.78 is 27.1. The zero-order chi connectivity index (χ0) is 23.7. The van der Waals surface area contributed by atoms with Crippen molar-refractivity contribution in [2.24, 2.45) is 5.73 Å². The second kappa shape index (κ2) is 11.6. The van der Waals surface area contributed by atoms with Crippen molar-refractivity contribution in [3.63, 3.8) is 0 Å². The normalized spacial score (nSPS) is 16.9. The molecule has 0 spiro atoms. The molecule has 1 radical (unpaired) electrons. The van der Waals surface area contributed by atoms with E-state index in [4.69, 9.17) is 11.1 Å². The van der Waals surface area contributed by atoms with Gasteiger partial charge in [-0.15, -0.1) is 0 Å². The molecule has 12 heteroatoms. The van der Waals surface area contributed by atoms with Crippen LogP contribution in [-0.2, 0) is 24.4 Å². The Morgan fingerprint density at radius 1 is 1.31 bits per heavy atom. The number of likely N-dealkylation sites (tertiary alicyclic amines) is 1. The van der Waals surface area contributed by atoms with Crippen LogP contribution in [0, 0.1) is 12.3 Å². The molecule has 32 heavy (non-hydrogen) atoms. The van der Waals surface area contributed by atoms with Gasteiger partial charge >= 0.3 is 0 Å². The van der Waals surface area contributed by atoms with Crippen LogP contribution >= 0.6 is 0 Å². The highest BCUT2D eigenvalue weighted by atomic mass is 32.2. The van der Waals surface area contributed by atoms with Gasteiger partial charge in [-0.3, -0.25) is 19.8 Å². The molecular formula is C20H29N6O5S. The molecule has 1 aromatic rings. The smallest absolute Gasteiger partial charge is 0.243 e. The first-order valence-corrected chi connectivity index (χ1v) is 11.7. The molecule has 0 aliphatic carbocycles. The lowest BCUT2D eigenvalue weighted by Gasteiger charge is -2.25. The molecule has 0 saturated carbocycles. The number of aryl methyl sites for hydroxylation is 1. The predicted octanol–water partition coefficient (Wildman–Crippen LogP) is -0.878. The van der Waals surface area contributed by atoms with Gasteiger partial charge in [0.15, 0.2) is 5.96 Å². The number of guanidine groups is 1. The van der Waals surface area contributed by atoms with Crippen molar-refractivity contribution in [1.82, 2.24) is 20.3 Å². The summed E-state index contributed by atoms with van der Waals surface area (Å²) in [5.74, 6) is -1.18. The van der Waals surface area contributed by atoms with Crippen molar-refractivity contribution in [3.05, 3.63) is 29.8 Å². The molecule has 1 heterocycles. The molecule has 1 aromatic carbocycles. The average molecular weight is 466 g/mol. The summed E-state index contributed by atoms with van der Waals surface area (Å²) >= 11 is 0. The van der Waals surface area contributed by atoms with E-state index in [1.807, 2.05) is 6.92 Å². The molecule has 1 fully saturated rings. The first-order valence-electron chi connectivity index (χ1n) is 10.3. The zero-order valence-corrected chi connectivity index (χ0v) is 18.7. The number of nitrogens with zero attached hydrogens (tertiary/aromatic N) is 1. The molecule has 1 saturated heterocycles. The number of sulfonamides is 1. The summed E-state index contributed by atoms with van der Waals surface area (Å²) in [5, 5.41) is 12.3. The van der Waals surface area contributed by atoms with Crippen LogP contribution in [0.4, 0.5) is 0 Å². The highest BCUT2D eigenvalue weighted by molar-refractivity contribution is 7.89. The summed E-state index contributed by atoms with van der Waals surface area (Å²) in [6.07, 6.45) is 3.55. The lowest BCUT2D eigenvalue weighted by atomic mass is 10.1. The number of carbonyl (C=O) groups is 2. The Bertz CT molecular complexity index is 934. The monoisotopic (exact) mass is 465 g/mol. The number of nitrogens with one attached hydrogen (secondary N) is 4. The van der Waals surface area contributed by atoms with Crippen molar-refractivity contribution >= 4 is 34.1 Å². The van der Waals surface area contributed by atoms with Gasteiger partial charge in [-0.05, 0) is 44.7 Å². The molecule has 175 valence electrons. The van der Waals surface area contributed by atoms with Crippen LogP contribution in [0.2, 0.25) is 0 Å². The van der Waals surface area contributed by atoms with E-state index in [0.717, 1.165) is 5.56 Å². The van der Waals surface area contributed by atoms with Gasteiger partial charge in [0.2, 0.25) is 28.1 Å². The van der Waals surface area contributed by atoms with Crippen molar-refractivity contribution in [2.75, 3.05) is 19.6 Å². The van der Waals surface area contributed by atoms with Gasteiger partial charge in [-0.25, -0.2) is 13.1 Å². The largest absolute Gasteiger partial charge is 0.370 e. The molecule has 2 atom stereocenters. The van der Waals surface area contributed by atoms with E-state index in [0.29, 0.717) is 38.8 Å². The molecular weight excluding hydrogens is 436 g/mol. The van der Waals surface area contributed by atoms with Gasteiger partial charge in [0.05, 0.1) is 17.5 Å². The number of hydrogen-bond acceptors (Lipinski definition) is 6. The molecule has 11 nitrogen and oxygen atoms in total. The first kappa shape index (κ1) is 25.3. The van der Waals surface area contributed by atoms with Crippen molar-refractivity contribution in [3.8, 4) is 0 Å². The first-order chi connectivity index (χ1) is 15.1. The minimum Gasteiger partial charge on any atom is -0.370 e. The summed E-state index contributed by atoms with van der Waals surface area (Å²) in [6.45, 7) is 2.06. The fourth-order valence-corrected chi connectivity index (χ4v) is 4.33. The van der Waals surface area contributed by atoms with Gasteiger partial charge in [0.1, 0.15) is 6.04 Å². The minimum atomic E-state index is -3.86. The minimum absolute atomic E-state index is 0.0511. The molecule has 1 aliphatic rings. The second-order valence-electron chi connectivity index (χ2n) is 7.54. The van der Waals surface area contributed by atoms with E-state index in [-0.39, 0.29) is 10.9 Å². The summed E-state index contributed by atoms with van der Waals surface area (Å²) in [4.78, 5) is 37.8. The maximum Gasteiger partial charge on any atom is 0.243 e. The Labute approximate surface area is 187 Å². The second-order valence-corrected chi connectivity index (χ2v) is 9.31. The number of carbonyl (C=O) groups excluding carboxylic acids is 3. The number of rotatable bonds is 11. The van der Waals surface area contributed by atoms with Crippen LogP contribution in [0.25, 0.3) is 0 Å². The fourth-order valence-electron chi connectivity index (χ4n) is 3.35. The van der Waals surface area contributed by atoms with Gasteiger partial charge in [-0.2, -0.15) is 0 Å². The molecule has 0 bridgehead atoms. The Morgan fingerprint density at radius 3 is 2.62 bits per heavy atom. The molecule has 2 rings (SSSR count). The van der Waals surface area contributed by atoms with Crippen LogP contribution in [0.3, 0.4) is 0 Å². The van der Waals surface area contributed by atoms with E-state index in [1.165, 1.54) is 17.0 Å². The maximum absolute atomic E-state index is 12.6. The van der Waals surface area contributed by atoms with E-state index < -0.39 is 40.5 Å². The number of amides is 2. The van der Waals surface area contributed by atoms with Gasteiger partial charge < -0.3 is 21.3 Å². The average Bonchev–Trinajstić information content (AvgIpc) is 3.24. The van der Waals surface area contributed by atoms with Crippen LogP contribution in [0.15, 0.2) is 29.2 Å².